The number of ether oxygens (including phenoxy) is 1. The van der Waals surface area contributed by atoms with Gasteiger partial charge in [0.05, 0.1) is 19.6 Å². The van der Waals surface area contributed by atoms with Crippen molar-refractivity contribution in [1.82, 2.24) is 5.32 Å². The van der Waals surface area contributed by atoms with E-state index in [4.69, 9.17) is 4.74 Å². The highest BCUT2D eigenvalue weighted by Crippen LogP contribution is 2.28. The number of carbonyl (C=O) groups excluding carboxylic acids is 2. The zero-order valence-electron chi connectivity index (χ0n) is 14.2. The van der Waals surface area contributed by atoms with E-state index in [1.54, 1.807) is 0 Å². The van der Waals surface area contributed by atoms with Gasteiger partial charge in [-0.3, -0.25) is 4.79 Å². The third-order valence-electron chi connectivity index (χ3n) is 4.43. The van der Waals surface area contributed by atoms with Gasteiger partial charge in [-0.1, -0.05) is 18.2 Å². The number of anilines is 1. The van der Waals surface area contributed by atoms with Crippen molar-refractivity contribution in [2.24, 2.45) is 0 Å². The summed E-state index contributed by atoms with van der Waals surface area (Å²) in [6, 6.07) is 9.15. The minimum atomic E-state index is -0.396. The largest absolute Gasteiger partial charge is 0.469 e. The van der Waals surface area contributed by atoms with E-state index in [1.165, 1.54) is 36.0 Å². The van der Waals surface area contributed by atoms with Crippen molar-refractivity contribution in [3.05, 3.63) is 51.7 Å². The average Bonchev–Trinajstić information content (AvgIpc) is 3.16. The summed E-state index contributed by atoms with van der Waals surface area (Å²) in [5, 5.41) is 7.78. The van der Waals surface area contributed by atoms with E-state index < -0.39 is 6.04 Å². The monoisotopic (exact) mass is 358 g/mol. The van der Waals surface area contributed by atoms with Crippen molar-refractivity contribution in [2.75, 3.05) is 12.4 Å². The molecule has 1 aliphatic carbocycles. The number of hydrogen-bond donors (Lipinski definition) is 2. The molecule has 0 fully saturated rings. The molecule has 2 aromatic rings. The van der Waals surface area contributed by atoms with E-state index >= 15 is 0 Å². The first-order valence-corrected chi connectivity index (χ1v) is 9.34. The Balaban J connectivity index is 1.71. The summed E-state index contributed by atoms with van der Waals surface area (Å²) in [6.45, 7) is 0. The lowest BCUT2D eigenvalue weighted by atomic mass is 9.90. The topological polar surface area (TPSA) is 67.4 Å². The van der Waals surface area contributed by atoms with Crippen LogP contribution in [0.5, 0.6) is 0 Å². The minimum absolute atomic E-state index is 0.108. The molecule has 0 saturated heterocycles. The highest BCUT2D eigenvalue weighted by atomic mass is 32.1. The van der Waals surface area contributed by atoms with Crippen LogP contribution in [0.1, 0.15) is 41.3 Å². The van der Waals surface area contributed by atoms with Crippen molar-refractivity contribution < 1.29 is 14.3 Å². The SMILES string of the molecule is COC(=O)CC(NC(=O)Nc1cccc2c1CCCC2)c1cccs1. The van der Waals surface area contributed by atoms with E-state index in [0.717, 1.165) is 29.8 Å². The second kappa shape index (κ2) is 8.16. The Morgan fingerprint density at radius 2 is 2.04 bits per heavy atom. The van der Waals surface area contributed by atoms with Gasteiger partial charge in [0, 0.05) is 10.6 Å². The number of aryl methyl sites for hydroxylation is 1. The maximum Gasteiger partial charge on any atom is 0.319 e. The molecule has 132 valence electrons. The van der Waals surface area contributed by atoms with E-state index in [2.05, 4.69) is 16.7 Å². The van der Waals surface area contributed by atoms with Crippen LogP contribution >= 0.6 is 11.3 Å². The molecule has 1 heterocycles. The number of methoxy groups -OCH3 is 1. The van der Waals surface area contributed by atoms with Crippen LogP contribution in [-0.2, 0) is 22.4 Å². The Labute approximate surface area is 151 Å². The maximum absolute atomic E-state index is 12.5. The molecule has 0 bridgehead atoms. The molecule has 2 N–H and O–H groups in total. The Morgan fingerprint density at radius 1 is 1.20 bits per heavy atom. The number of fused-ring (bicyclic) bond motifs is 1. The van der Waals surface area contributed by atoms with E-state index in [0.29, 0.717) is 0 Å². The first-order chi connectivity index (χ1) is 12.2. The van der Waals surface area contributed by atoms with Crippen molar-refractivity contribution >= 4 is 29.0 Å². The molecular formula is C19H22N2O3S. The predicted molar refractivity (Wildman–Crippen MR) is 98.9 cm³/mol. The molecule has 3 rings (SSSR count). The third kappa shape index (κ3) is 4.39. The molecule has 0 radical (unpaired) electrons. The van der Waals surface area contributed by atoms with Gasteiger partial charge in [-0.2, -0.15) is 0 Å². The quantitative estimate of drug-likeness (QED) is 0.792. The summed E-state index contributed by atoms with van der Waals surface area (Å²) >= 11 is 1.50. The highest BCUT2D eigenvalue weighted by Gasteiger charge is 2.21. The minimum Gasteiger partial charge on any atom is -0.469 e. The Bertz CT molecular complexity index is 743. The summed E-state index contributed by atoms with van der Waals surface area (Å²) in [4.78, 5) is 25.1. The second-order valence-corrected chi connectivity index (χ2v) is 7.08. The lowest BCUT2D eigenvalue weighted by molar-refractivity contribution is -0.141. The van der Waals surface area contributed by atoms with Gasteiger partial charge >= 0.3 is 12.0 Å². The Morgan fingerprint density at radius 3 is 2.80 bits per heavy atom. The maximum atomic E-state index is 12.5. The van der Waals surface area contributed by atoms with Crippen molar-refractivity contribution in [1.29, 1.82) is 0 Å². The molecule has 1 aliphatic rings. The summed E-state index contributed by atoms with van der Waals surface area (Å²) in [7, 11) is 1.35. The fourth-order valence-corrected chi connectivity index (χ4v) is 3.96. The zero-order chi connectivity index (χ0) is 17.6. The molecule has 1 aromatic heterocycles. The Hall–Kier alpha value is -2.34. The summed E-state index contributed by atoms with van der Waals surface area (Å²) in [5.41, 5.74) is 3.40. The molecule has 5 nitrogen and oxygen atoms in total. The number of urea groups is 1. The van der Waals surface area contributed by atoms with Crippen molar-refractivity contribution in [2.45, 2.75) is 38.1 Å². The fourth-order valence-electron chi connectivity index (χ4n) is 3.18. The van der Waals surface area contributed by atoms with Gasteiger partial charge < -0.3 is 15.4 Å². The summed E-state index contributed by atoms with van der Waals surface area (Å²) in [6.07, 6.45) is 4.50. The molecule has 0 aliphatic heterocycles. The average molecular weight is 358 g/mol. The molecule has 6 heteroatoms. The van der Waals surface area contributed by atoms with Crippen LogP contribution in [-0.4, -0.2) is 19.1 Å². The molecule has 0 saturated carbocycles. The van der Waals surface area contributed by atoms with Gasteiger partial charge in [0.25, 0.3) is 0 Å². The number of hydrogen-bond acceptors (Lipinski definition) is 4. The zero-order valence-corrected chi connectivity index (χ0v) is 15.0. The number of thiophene rings is 1. The van der Waals surface area contributed by atoms with Gasteiger partial charge in [-0.15, -0.1) is 11.3 Å². The normalized spacial score (nSPS) is 14.3. The van der Waals surface area contributed by atoms with Crippen LogP contribution in [0.4, 0.5) is 10.5 Å². The third-order valence-corrected chi connectivity index (χ3v) is 5.42. The first-order valence-electron chi connectivity index (χ1n) is 8.46. The number of carbonyl (C=O) groups is 2. The number of benzene rings is 1. The van der Waals surface area contributed by atoms with Crippen molar-refractivity contribution in [3.8, 4) is 0 Å². The van der Waals surface area contributed by atoms with Crippen LogP contribution in [0, 0.1) is 0 Å². The standard InChI is InChI=1S/C19H22N2O3S/c1-24-18(22)12-16(17-10-5-11-25-17)21-19(23)20-15-9-4-7-13-6-2-3-8-14(13)15/h4-5,7,9-11,16H,2-3,6,8,12H2,1H3,(H2,20,21,23). The fraction of sp³-hybridized carbons (Fsp3) is 0.368. The van der Waals surface area contributed by atoms with Gasteiger partial charge in [-0.05, 0) is 54.3 Å². The van der Waals surface area contributed by atoms with Gasteiger partial charge in [0.1, 0.15) is 0 Å². The van der Waals surface area contributed by atoms with Crippen LogP contribution in [0.15, 0.2) is 35.7 Å². The van der Waals surface area contributed by atoms with E-state index in [-0.39, 0.29) is 18.4 Å². The van der Waals surface area contributed by atoms with E-state index in [1.807, 2.05) is 29.6 Å². The number of esters is 1. The summed E-state index contributed by atoms with van der Waals surface area (Å²) in [5.74, 6) is -0.351. The van der Waals surface area contributed by atoms with Gasteiger partial charge in [0.15, 0.2) is 0 Å². The van der Waals surface area contributed by atoms with Crippen LogP contribution < -0.4 is 10.6 Å². The lowest BCUT2D eigenvalue weighted by Crippen LogP contribution is -2.34. The number of amides is 2. The molecule has 1 atom stereocenters. The molecule has 25 heavy (non-hydrogen) atoms. The summed E-state index contributed by atoms with van der Waals surface area (Å²) < 4.78 is 4.75. The molecule has 1 aromatic carbocycles. The van der Waals surface area contributed by atoms with E-state index in [9.17, 15) is 9.59 Å². The predicted octanol–water partition coefficient (Wildman–Crippen LogP) is 4.05. The first kappa shape index (κ1) is 17.5. The molecular weight excluding hydrogens is 336 g/mol. The molecule has 0 spiro atoms. The van der Waals surface area contributed by atoms with Crippen LogP contribution in [0.2, 0.25) is 0 Å². The molecule has 2 amide bonds. The van der Waals surface area contributed by atoms with Gasteiger partial charge in [0.2, 0.25) is 0 Å². The molecule has 1 unspecified atom stereocenters. The van der Waals surface area contributed by atoms with Crippen molar-refractivity contribution in [3.63, 3.8) is 0 Å². The van der Waals surface area contributed by atoms with Gasteiger partial charge in [-0.25, -0.2) is 4.79 Å². The van der Waals surface area contributed by atoms with Crippen LogP contribution in [0.3, 0.4) is 0 Å². The lowest BCUT2D eigenvalue weighted by Gasteiger charge is -2.21. The smallest absolute Gasteiger partial charge is 0.319 e. The van der Waals surface area contributed by atoms with Crippen LogP contribution in [0.25, 0.3) is 0 Å². The number of nitrogens with one attached hydrogen (secondary N) is 2. The number of rotatable bonds is 5. The second-order valence-electron chi connectivity index (χ2n) is 6.10. The Kier molecular flexibility index (Phi) is 5.71. The highest BCUT2D eigenvalue weighted by molar-refractivity contribution is 7.10.